The van der Waals surface area contributed by atoms with Gasteiger partial charge < -0.3 is 14.6 Å². The van der Waals surface area contributed by atoms with Crippen LogP contribution in [-0.4, -0.2) is 22.1 Å². The summed E-state index contributed by atoms with van der Waals surface area (Å²) in [6.07, 6.45) is 0.835. The highest BCUT2D eigenvalue weighted by Crippen LogP contribution is 2.22. The SMILES string of the molecule is C=C(C)C(=O)NC(C)c1nc2ccccc2n1CCCOc1ccc(C)cc1C. The number of benzene rings is 2. The van der Waals surface area contributed by atoms with Crippen molar-refractivity contribution < 1.29 is 9.53 Å². The van der Waals surface area contributed by atoms with Gasteiger partial charge in [0.25, 0.3) is 0 Å². The summed E-state index contributed by atoms with van der Waals surface area (Å²) in [5.74, 6) is 1.61. The Morgan fingerprint density at radius 2 is 2.00 bits per heavy atom. The molecule has 3 aromatic rings. The molecule has 0 bridgehead atoms. The third-order valence-corrected chi connectivity index (χ3v) is 4.92. The number of aromatic nitrogens is 2. The van der Waals surface area contributed by atoms with Gasteiger partial charge in [0.05, 0.1) is 23.7 Å². The van der Waals surface area contributed by atoms with E-state index in [1.54, 1.807) is 6.92 Å². The monoisotopic (exact) mass is 391 g/mol. The number of aryl methyl sites for hydroxylation is 3. The number of fused-ring (bicyclic) bond motifs is 1. The maximum Gasteiger partial charge on any atom is 0.246 e. The van der Waals surface area contributed by atoms with Crippen LogP contribution >= 0.6 is 0 Å². The van der Waals surface area contributed by atoms with E-state index in [1.165, 1.54) is 5.56 Å². The number of nitrogens with zero attached hydrogens (tertiary/aromatic N) is 2. The van der Waals surface area contributed by atoms with Gasteiger partial charge in [0.15, 0.2) is 0 Å². The minimum atomic E-state index is -0.216. The van der Waals surface area contributed by atoms with Crippen LogP contribution < -0.4 is 10.1 Å². The van der Waals surface area contributed by atoms with E-state index in [-0.39, 0.29) is 11.9 Å². The van der Waals surface area contributed by atoms with Gasteiger partial charge in [-0.25, -0.2) is 4.98 Å². The second-order valence-electron chi connectivity index (χ2n) is 7.56. The lowest BCUT2D eigenvalue weighted by atomic mass is 10.1. The lowest BCUT2D eigenvalue weighted by molar-refractivity contribution is -0.118. The molecule has 2 aromatic carbocycles. The van der Waals surface area contributed by atoms with Crippen molar-refractivity contribution in [3.63, 3.8) is 0 Å². The first-order valence-corrected chi connectivity index (χ1v) is 9.98. The lowest BCUT2D eigenvalue weighted by Gasteiger charge is -2.17. The highest BCUT2D eigenvalue weighted by Gasteiger charge is 2.18. The highest BCUT2D eigenvalue weighted by atomic mass is 16.5. The molecule has 0 radical (unpaired) electrons. The third-order valence-electron chi connectivity index (χ3n) is 4.92. The molecule has 0 saturated carbocycles. The van der Waals surface area contributed by atoms with Crippen LogP contribution in [0.15, 0.2) is 54.6 Å². The first kappa shape index (κ1) is 20.6. The van der Waals surface area contributed by atoms with Crippen LogP contribution in [0.5, 0.6) is 5.75 Å². The molecular weight excluding hydrogens is 362 g/mol. The number of amides is 1. The Hall–Kier alpha value is -3.08. The number of rotatable bonds is 8. The minimum Gasteiger partial charge on any atom is -0.493 e. The van der Waals surface area contributed by atoms with Gasteiger partial charge in [-0.2, -0.15) is 0 Å². The summed E-state index contributed by atoms with van der Waals surface area (Å²) in [5, 5.41) is 2.97. The average molecular weight is 392 g/mol. The van der Waals surface area contributed by atoms with E-state index >= 15 is 0 Å². The van der Waals surface area contributed by atoms with E-state index in [4.69, 9.17) is 9.72 Å². The number of imidazole rings is 1. The minimum absolute atomic E-state index is 0.158. The van der Waals surface area contributed by atoms with Gasteiger partial charge in [-0.1, -0.05) is 36.4 Å². The van der Waals surface area contributed by atoms with Crippen LogP contribution in [0.4, 0.5) is 0 Å². The summed E-state index contributed by atoms with van der Waals surface area (Å²) in [6, 6.07) is 14.0. The molecule has 1 heterocycles. The zero-order chi connectivity index (χ0) is 21.0. The van der Waals surface area contributed by atoms with Gasteiger partial charge in [0.2, 0.25) is 5.91 Å². The van der Waals surface area contributed by atoms with Crippen molar-refractivity contribution in [2.24, 2.45) is 0 Å². The summed E-state index contributed by atoms with van der Waals surface area (Å²) in [7, 11) is 0. The van der Waals surface area contributed by atoms with Crippen LogP contribution in [0.2, 0.25) is 0 Å². The first-order chi connectivity index (χ1) is 13.9. The fourth-order valence-electron chi connectivity index (χ4n) is 3.41. The maximum atomic E-state index is 12.1. The largest absolute Gasteiger partial charge is 0.493 e. The Morgan fingerprint density at radius 1 is 1.24 bits per heavy atom. The van der Waals surface area contributed by atoms with Crippen LogP contribution in [0.3, 0.4) is 0 Å². The molecule has 1 aromatic heterocycles. The predicted octanol–water partition coefficient (Wildman–Crippen LogP) is 4.88. The summed E-state index contributed by atoms with van der Waals surface area (Å²) in [4.78, 5) is 16.8. The van der Waals surface area contributed by atoms with Crippen LogP contribution in [0.1, 0.15) is 43.3 Å². The van der Waals surface area contributed by atoms with Crippen LogP contribution in [0.25, 0.3) is 11.0 Å². The van der Waals surface area contributed by atoms with Gasteiger partial charge in [-0.05, 0) is 57.9 Å². The van der Waals surface area contributed by atoms with Crippen molar-refractivity contribution in [1.82, 2.24) is 14.9 Å². The Kier molecular flexibility index (Phi) is 6.37. The van der Waals surface area contributed by atoms with Gasteiger partial charge in [0, 0.05) is 12.1 Å². The highest BCUT2D eigenvalue weighted by molar-refractivity contribution is 5.92. The summed E-state index contributed by atoms with van der Waals surface area (Å²) >= 11 is 0. The maximum absolute atomic E-state index is 12.1. The molecule has 1 unspecified atom stereocenters. The number of hydrogen-bond donors (Lipinski definition) is 1. The van der Waals surface area contributed by atoms with E-state index in [0.29, 0.717) is 12.2 Å². The lowest BCUT2D eigenvalue weighted by Crippen LogP contribution is -2.29. The molecule has 5 heteroatoms. The van der Waals surface area contributed by atoms with Crippen molar-refractivity contribution in [2.75, 3.05) is 6.61 Å². The fourth-order valence-corrected chi connectivity index (χ4v) is 3.41. The quantitative estimate of drug-likeness (QED) is 0.440. The zero-order valence-electron chi connectivity index (χ0n) is 17.7. The number of carbonyl (C=O) groups excluding carboxylic acids is 1. The molecule has 0 aliphatic rings. The van der Waals surface area contributed by atoms with Gasteiger partial charge >= 0.3 is 0 Å². The molecule has 29 heavy (non-hydrogen) atoms. The molecule has 0 aliphatic heterocycles. The number of carbonyl (C=O) groups is 1. The van der Waals surface area contributed by atoms with E-state index in [9.17, 15) is 4.79 Å². The summed E-state index contributed by atoms with van der Waals surface area (Å²) < 4.78 is 8.15. The number of nitrogens with one attached hydrogen (secondary N) is 1. The van der Waals surface area contributed by atoms with E-state index < -0.39 is 0 Å². The molecule has 152 valence electrons. The zero-order valence-corrected chi connectivity index (χ0v) is 17.7. The molecule has 0 saturated heterocycles. The average Bonchev–Trinajstić information content (AvgIpc) is 3.05. The van der Waals surface area contributed by atoms with E-state index in [1.807, 2.05) is 31.2 Å². The van der Waals surface area contributed by atoms with Gasteiger partial charge in [-0.15, -0.1) is 0 Å². The predicted molar refractivity (Wildman–Crippen MR) is 117 cm³/mol. The van der Waals surface area contributed by atoms with Crippen molar-refractivity contribution in [3.05, 3.63) is 71.6 Å². The molecule has 0 aliphatic carbocycles. The van der Waals surface area contributed by atoms with Crippen LogP contribution in [-0.2, 0) is 11.3 Å². The summed E-state index contributed by atoms with van der Waals surface area (Å²) in [6.45, 7) is 12.9. The Labute approximate surface area is 172 Å². The molecular formula is C24H29N3O2. The Balaban J connectivity index is 1.73. The third kappa shape index (κ3) is 4.86. The van der Waals surface area contributed by atoms with Crippen molar-refractivity contribution in [1.29, 1.82) is 0 Å². The molecule has 1 N–H and O–H groups in total. The van der Waals surface area contributed by atoms with Crippen molar-refractivity contribution in [2.45, 2.75) is 46.7 Å². The van der Waals surface area contributed by atoms with E-state index in [2.05, 4.69) is 48.5 Å². The Morgan fingerprint density at radius 3 is 2.72 bits per heavy atom. The second kappa shape index (κ2) is 8.95. The summed E-state index contributed by atoms with van der Waals surface area (Å²) in [5.41, 5.74) is 4.85. The number of ether oxygens (including phenoxy) is 1. The Bertz CT molecular complexity index is 1040. The normalized spacial score (nSPS) is 12.0. The van der Waals surface area contributed by atoms with E-state index in [0.717, 1.165) is 41.1 Å². The molecule has 1 atom stereocenters. The standard InChI is InChI=1S/C24H29N3O2/c1-16(2)24(28)25-19(5)23-26-20-9-6-7-10-21(20)27(23)13-8-14-29-22-12-11-17(3)15-18(22)4/h6-7,9-12,15,19H,1,8,13-14H2,2-5H3,(H,25,28). The number of hydrogen-bond acceptors (Lipinski definition) is 3. The molecule has 0 fully saturated rings. The van der Waals surface area contributed by atoms with Gasteiger partial charge in [0.1, 0.15) is 11.6 Å². The topological polar surface area (TPSA) is 56.2 Å². The molecule has 5 nitrogen and oxygen atoms in total. The van der Waals surface area contributed by atoms with Crippen LogP contribution in [0, 0.1) is 13.8 Å². The smallest absolute Gasteiger partial charge is 0.246 e. The first-order valence-electron chi connectivity index (χ1n) is 9.98. The molecule has 0 spiro atoms. The van der Waals surface area contributed by atoms with Crippen molar-refractivity contribution in [3.8, 4) is 5.75 Å². The molecule has 3 rings (SSSR count). The van der Waals surface area contributed by atoms with Gasteiger partial charge in [-0.3, -0.25) is 4.79 Å². The van der Waals surface area contributed by atoms with Crippen molar-refractivity contribution >= 4 is 16.9 Å². The fraction of sp³-hybridized carbons (Fsp3) is 0.333. The number of para-hydroxylation sites is 2. The molecule has 1 amide bonds. The second-order valence-corrected chi connectivity index (χ2v) is 7.56.